The molecule has 1 aromatic rings. The first-order valence-corrected chi connectivity index (χ1v) is 9.99. The van der Waals surface area contributed by atoms with Crippen LogP contribution in [0.15, 0.2) is 18.3 Å². The summed E-state index contributed by atoms with van der Waals surface area (Å²) in [7, 11) is 0. The first-order valence-electron chi connectivity index (χ1n) is 9.61. The first-order chi connectivity index (χ1) is 12.6. The molecule has 7 heteroatoms. The van der Waals surface area contributed by atoms with Gasteiger partial charge in [-0.3, -0.25) is 4.90 Å². The van der Waals surface area contributed by atoms with Gasteiger partial charge in [0.25, 0.3) is 0 Å². The monoisotopic (exact) mass is 378 g/mol. The molecule has 3 heterocycles. The number of likely N-dealkylation sites (tertiary alicyclic amines) is 1. The van der Waals surface area contributed by atoms with Gasteiger partial charge in [0, 0.05) is 56.9 Å². The number of anilines is 1. The lowest BCUT2D eigenvalue weighted by Gasteiger charge is -2.48. The van der Waals surface area contributed by atoms with Crippen LogP contribution >= 0.6 is 11.6 Å². The van der Waals surface area contributed by atoms with Gasteiger partial charge in [-0.15, -0.1) is 0 Å². The van der Waals surface area contributed by atoms with Crippen molar-refractivity contribution in [3.8, 4) is 0 Å². The molecule has 0 unspecified atom stereocenters. The smallest absolute Gasteiger partial charge is 0.409 e. The lowest BCUT2D eigenvalue weighted by atomic mass is 9.78. The number of rotatable bonds is 3. The van der Waals surface area contributed by atoms with E-state index in [1.807, 2.05) is 24.0 Å². The molecule has 1 aliphatic carbocycles. The number of hydrogen-bond acceptors (Lipinski definition) is 5. The quantitative estimate of drug-likeness (QED) is 0.757. The highest BCUT2D eigenvalue weighted by Gasteiger charge is 2.51. The topological polar surface area (TPSA) is 48.9 Å². The minimum atomic E-state index is -0.150. The highest BCUT2D eigenvalue weighted by atomic mass is 35.5. The van der Waals surface area contributed by atoms with Crippen molar-refractivity contribution in [1.82, 2.24) is 14.8 Å². The molecule has 2 aliphatic heterocycles. The molecule has 1 saturated carbocycles. The Bertz CT molecular complexity index is 657. The van der Waals surface area contributed by atoms with Gasteiger partial charge < -0.3 is 14.5 Å². The van der Waals surface area contributed by atoms with E-state index in [2.05, 4.69) is 14.8 Å². The molecule has 0 N–H and O–H groups in total. The van der Waals surface area contributed by atoms with Crippen molar-refractivity contribution in [3.63, 3.8) is 0 Å². The number of pyridine rings is 1. The zero-order valence-electron chi connectivity index (χ0n) is 15.4. The van der Waals surface area contributed by atoms with Gasteiger partial charge in [0.15, 0.2) is 5.15 Å². The Morgan fingerprint density at radius 2 is 2.12 bits per heavy atom. The third-order valence-electron chi connectivity index (χ3n) is 6.17. The Balaban J connectivity index is 1.28. The Morgan fingerprint density at radius 1 is 1.35 bits per heavy atom. The van der Waals surface area contributed by atoms with Crippen LogP contribution in [-0.4, -0.2) is 72.8 Å². The summed E-state index contributed by atoms with van der Waals surface area (Å²) in [5, 5.41) is 0.592. The maximum absolute atomic E-state index is 11.8. The molecule has 2 saturated heterocycles. The van der Waals surface area contributed by atoms with Crippen LogP contribution in [0.25, 0.3) is 0 Å². The lowest BCUT2D eigenvalue weighted by Crippen LogP contribution is -2.58. The molecule has 0 bridgehead atoms. The van der Waals surface area contributed by atoms with Gasteiger partial charge in [-0.2, -0.15) is 0 Å². The Kier molecular flexibility index (Phi) is 4.97. The number of carbonyl (C=O) groups excluding carboxylic acids is 1. The summed E-state index contributed by atoms with van der Waals surface area (Å²) in [6.45, 7) is 8.16. The number of nitrogens with zero attached hydrogens (tertiary/aromatic N) is 4. The van der Waals surface area contributed by atoms with E-state index in [4.69, 9.17) is 16.3 Å². The molecule has 6 nitrogen and oxygen atoms in total. The summed E-state index contributed by atoms with van der Waals surface area (Å²) in [4.78, 5) is 22.8. The molecule has 3 aliphatic rings. The standard InChI is InChI=1S/C19H27ClN4O2/c1-2-26-18(25)24-13-19(14-24)6-5-15(12-19)22-8-10-23(11-9-22)16-4-3-7-21-17(16)20/h3-4,7,15H,2,5-6,8-14H2,1H3/t15-/m1/s1. The van der Waals surface area contributed by atoms with Crippen LogP contribution in [0.1, 0.15) is 26.2 Å². The van der Waals surface area contributed by atoms with Crippen molar-refractivity contribution in [1.29, 1.82) is 0 Å². The molecule has 1 amide bonds. The fourth-order valence-electron chi connectivity index (χ4n) is 4.82. The molecule has 1 spiro atoms. The van der Waals surface area contributed by atoms with Crippen LogP contribution in [0, 0.1) is 5.41 Å². The Hall–Kier alpha value is -1.53. The average molecular weight is 379 g/mol. The third kappa shape index (κ3) is 3.37. The second-order valence-electron chi connectivity index (χ2n) is 7.79. The average Bonchev–Trinajstić information content (AvgIpc) is 3.07. The predicted octanol–water partition coefficient (Wildman–Crippen LogP) is 2.87. The van der Waals surface area contributed by atoms with Gasteiger partial charge >= 0.3 is 6.09 Å². The Labute approximate surface area is 160 Å². The molecular weight excluding hydrogens is 352 g/mol. The summed E-state index contributed by atoms with van der Waals surface area (Å²) in [5.74, 6) is 0. The maximum atomic E-state index is 11.8. The third-order valence-corrected chi connectivity index (χ3v) is 6.46. The van der Waals surface area contributed by atoms with E-state index >= 15 is 0 Å². The van der Waals surface area contributed by atoms with E-state index in [-0.39, 0.29) is 6.09 Å². The number of piperazine rings is 1. The van der Waals surface area contributed by atoms with Crippen LogP contribution in [0.5, 0.6) is 0 Å². The van der Waals surface area contributed by atoms with Crippen molar-refractivity contribution in [3.05, 3.63) is 23.5 Å². The number of hydrogen-bond donors (Lipinski definition) is 0. The van der Waals surface area contributed by atoms with Crippen LogP contribution in [0.4, 0.5) is 10.5 Å². The van der Waals surface area contributed by atoms with Gasteiger partial charge in [0.05, 0.1) is 12.3 Å². The van der Waals surface area contributed by atoms with Crippen LogP contribution < -0.4 is 4.90 Å². The number of ether oxygens (including phenoxy) is 1. The SMILES string of the molecule is CCOC(=O)N1CC2(CC[C@@H](N3CCN(c4cccnc4Cl)CC3)C2)C1. The molecule has 4 rings (SSSR count). The highest BCUT2D eigenvalue weighted by Crippen LogP contribution is 2.47. The maximum Gasteiger partial charge on any atom is 0.409 e. The second kappa shape index (κ2) is 7.24. The van der Waals surface area contributed by atoms with Gasteiger partial charge in [-0.1, -0.05) is 11.6 Å². The number of halogens is 1. The summed E-state index contributed by atoms with van der Waals surface area (Å²) in [6, 6.07) is 4.64. The van der Waals surface area contributed by atoms with E-state index in [0.717, 1.165) is 45.0 Å². The summed E-state index contributed by atoms with van der Waals surface area (Å²) >= 11 is 6.24. The van der Waals surface area contributed by atoms with Crippen LogP contribution in [0.3, 0.4) is 0 Å². The number of carbonyl (C=O) groups is 1. The largest absolute Gasteiger partial charge is 0.450 e. The van der Waals surface area contributed by atoms with E-state index in [1.165, 1.54) is 19.3 Å². The van der Waals surface area contributed by atoms with E-state index in [9.17, 15) is 4.79 Å². The van der Waals surface area contributed by atoms with Gasteiger partial charge in [-0.25, -0.2) is 9.78 Å². The van der Waals surface area contributed by atoms with E-state index in [1.54, 1.807) is 6.20 Å². The van der Waals surface area contributed by atoms with Gasteiger partial charge in [0.1, 0.15) is 0 Å². The fraction of sp³-hybridized carbons (Fsp3) is 0.684. The van der Waals surface area contributed by atoms with E-state index in [0.29, 0.717) is 23.2 Å². The summed E-state index contributed by atoms with van der Waals surface area (Å²) in [5.41, 5.74) is 1.38. The highest BCUT2D eigenvalue weighted by molar-refractivity contribution is 6.32. The number of amides is 1. The fourth-order valence-corrected chi connectivity index (χ4v) is 5.06. The molecule has 0 radical (unpaired) electrons. The minimum absolute atomic E-state index is 0.150. The van der Waals surface area contributed by atoms with Crippen LogP contribution in [-0.2, 0) is 4.74 Å². The molecule has 1 aromatic heterocycles. The minimum Gasteiger partial charge on any atom is -0.450 e. The van der Waals surface area contributed by atoms with Crippen molar-refractivity contribution < 1.29 is 9.53 Å². The van der Waals surface area contributed by atoms with Gasteiger partial charge in [0.2, 0.25) is 0 Å². The molecular formula is C19H27ClN4O2. The normalized spacial score (nSPS) is 25.4. The predicted molar refractivity (Wildman–Crippen MR) is 102 cm³/mol. The first kappa shape index (κ1) is 17.9. The summed E-state index contributed by atoms with van der Waals surface area (Å²) < 4.78 is 5.11. The molecule has 0 aromatic carbocycles. The number of aromatic nitrogens is 1. The summed E-state index contributed by atoms with van der Waals surface area (Å²) in [6.07, 6.45) is 5.25. The van der Waals surface area contributed by atoms with Crippen molar-refractivity contribution in [2.75, 3.05) is 50.8 Å². The molecule has 26 heavy (non-hydrogen) atoms. The zero-order valence-corrected chi connectivity index (χ0v) is 16.1. The lowest BCUT2D eigenvalue weighted by molar-refractivity contribution is -0.00294. The van der Waals surface area contributed by atoms with Crippen molar-refractivity contribution in [2.24, 2.45) is 5.41 Å². The molecule has 1 atom stereocenters. The molecule has 142 valence electrons. The van der Waals surface area contributed by atoms with Crippen molar-refractivity contribution in [2.45, 2.75) is 32.2 Å². The Morgan fingerprint density at radius 3 is 2.81 bits per heavy atom. The zero-order chi connectivity index (χ0) is 18.1. The van der Waals surface area contributed by atoms with Crippen LogP contribution in [0.2, 0.25) is 5.15 Å². The van der Waals surface area contributed by atoms with E-state index < -0.39 is 0 Å². The second-order valence-corrected chi connectivity index (χ2v) is 8.15. The van der Waals surface area contributed by atoms with Gasteiger partial charge in [-0.05, 0) is 38.3 Å². The molecule has 3 fully saturated rings. The van der Waals surface area contributed by atoms with Crippen molar-refractivity contribution >= 4 is 23.4 Å².